The van der Waals surface area contributed by atoms with Crippen molar-refractivity contribution in [2.24, 2.45) is 0 Å². The first kappa shape index (κ1) is 10.7. The molecule has 1 rings (SSSR count). The third-order valence-corrected chi connectivity index (χ3v) is 1.58. The first-order valence-electron chi connectivity index (χ1n) is 4.26. The molecule has 0 saturated carbocycles. The molecule has 0 aromatic heterocycles. The lowest BCUT2D eigenvalue weighted by Gasteiger charge is -2.03. The van der Waals surface area contributed by atoms with Crippen molar-refractivity contribution in [1.82, 2.24) is 5.32 Å². The molecule has 0 heterocycles. The highest BCUT2D eigenvalue weighted by Crippen LogP contribution is 2.03. The van der Waals surface area contributed by atoms with Crippen LogP contribution in [-0.2, 0) is 4.79 Å². The van der Waals surface area contributed by atoms with E-state index in [0.717, 1.165) is 0 Å². The zero-order valence-electron chi connectivity index (χ0n) is 7.93. The smallest absolute Gasteiger partial charge is 0.323 e. The van der Waals surface area contributed by atoms with Crippen molar-refractivity contribution in [3.8, 4) is 6.57 Å². The summed E-state index contributed by atoms with van der Waals surface area (Å²) in [4.78, 5) is 24.7. The summed E-state index contributed by atoms with van der Waals surface area (Å²) in [5.74, 6) is -0.585. The highest BCUT2D eigenvalue weighted by molar-refractivity contribution is 5.94. The number of hydrogen-bond donors (Lipinski definition) is 2. The highest BCUT2D eigenvalue weighted by Gasteiger charge is 2.11. The molecule has 1 aromatic rings. The van der Waals surface area contributed by atoms with Gasteiger partial charge in [0.15, 0.2) is 6.54 Å². The fourth-order valence-electron chi connectivity index (χ4n) is 0.898. The first-order valence-corrected chi connectivity index (χ1v) is 4.26. The molecular weight excluding hydrogens is 194 g/mol. The maximum atomic E-state index is 11.2. The van der Waals surface area contributed by atoms with Crippen molar-refractivity contribution in [2.75, 3.05) is 11.9 Å². The van der Waals surface area contributed by atoms with Gasteiger partial charge in [-0.1, -0.05) is 18.2 Å². The molecule has 15 heavy (non-hydrogen) atoms. The van der Waals surface area contributed by atoms with E-state index in [4.69, 9.17) is 6.57 Å². The molecule has 5 heteroatoms. The van der Waals surface area contributed by atoms with Crippen molar-refractivity contribution in [2.45, 2.75) is 0 Å². The molecule has 0 aliphatic heterocycles. The predicted octanol–water partition coefficient (Wildman–Crippen LogP) is 1.30. The normalized spacial score (nSPS) is 8.73. The van der Waals surface area contributed by atoms with E-state index in [0.29, 0.717) is 5.69 Å². The Morgan fingerprint density at radius 3 is 2.53 bits per heavy atom. The topological polar surface area (TPSA) is 62.6 Å². The summed E-state index contributed by atoms with van der Waals surface area (Å²) in [5, 5.41) is 4.85. The van der Waals surface area contributed by atoms with Gasteiger partial charge in [-0.25, -0.2) is 4.79 Å². The fourth-order valence-corrected chi connectivity index (χ4v) is 0.898. The van der Waals surface area contributed by atoms with Crippen molar-refractivity contribution in [1.29, 1.82) is 0 Å². The largest absolute Gasteiger partial charge is 0.533 e. The molecule has 2 N–H and O–H groups in total. The van der Waals surface area contributed by atoms with Crippen molar-refractivity contribution < 1.29 is 9.59 Å². The van der Waals surface area contributed by atoms with Crippen molar-refractivity contribution in [3.63, 3.8) is 0 Å². The van der Waals surface area contributed by atoms with Gasteiger partial charge in [0.05, 0.1) is 0 Å². The Morgan fingerprint density at radius 2 is 1.93 bits per heavy atom. The second-order valence-electron chi connectivity index (χ2n) is 2.70. The van der Waals surface area contributed by atoms with Gasteiger partial charge < -0.3 is 10.6 Å². The van der Waals surface area contributed by atoms with E-state index in [9.17, 15) is 9.59 Å². The van der Waals surface area contributed by atoms with E-state index in [1.165, 1.54) is 0 Å². The third kappa shape index (κ3) is 3.91. The number of rotatable bonds is 3. The minimum atomic E-state index is -0.585. The molecule has 0 saturated heterocycles. The minimum Gasteiger partial charge on any atom is -0.323 e. The molecule has 76 valence electrons. The molecule has 0 fully saturated rings. The standard InChI is InChI=1S/C10H9N3O2/c1-11-9(14)7-12-10(15)13-8-5-3-2-4-6-8/h1-6H,7H2,(H-,12,13,15)/p+1. The first-order chi connectivity index (χ1) is 7.22. The number of amides is 3. The third-order valence-electron chi connectivity index (χ3n) is 1.58. The average Bonchev–Trinajstić information content (AvgIpc) is 2.27. The van der Waals surface area contributed by atoms with Gasteiger partial charge in [-0.15, -0.1) is 0 Å². The second-order valence-corrected chi connectivity index (χ2v) is 2.70. The summed E-state index contributed by atoms with van der Waals surface area (Å²) in [6, 6.07) is 8.40. The fraction of sp³-hybridized carbons (Fsp3) is 0.100. The number of urea groups is 1. The lowest BCUT2D eigenvalue weighted by Crippen LogP contribution is -2.32. The number of benzene rings is 1. The highest BCUT2D eigenvalue weighted by atomic mass is 16.2. The van der Waals surface area contributed by atoms with Crippen LogP contribution in [0.4, 0.5) is 10.5 Å². The SMILES string of the molecule is C#[N+]C(=O)CNC(=O)Nc1ccccc1. The predicted molar refractivity (Wildman–Crippen MR) is 56.8 cm³/mol. The van der Waals surface area contributed by atoms with E-state index in [1.807, 2.05) is 6.07 Å². The van der Waals surface area contributed by atoms with Crippen LogP contribution in [0.25, 0.3) is 4.85 Å². The quantitative estimate of drug-likeness (QED) is 0.779. The summed E-state index contributed by atoms with van der Waals surface area (Å²) in [6.45, 7) is 4.50. The van der Waals surface area contributed by atoms with E-state index in [2.05, 4.69) is 15.5 Å². The molecule has 0 aliphatic carbocycles. The van der Waals surface area contributed by atoms with Crippen LogP contribution in [0.1, 0.15) is 0 Å². The molecular formula is C10H10N3O2+. The maximum absolute atomic E-state index is 11.2. The Balaban J connectivity index is 2.38. The number of anilines is 1. The van der Waals surface area contributed by atoms with Gasteiger partial charge in [0.25, 0.3) is 6.57 Å². The molecule has 0 spiro atoms. The van der Waals surface area contributed by atoms with Crippen LogP contribution in [0.5, 0.6) is 0 Å². The van der Waals surface area contributed by atoms with E-state index < -0.39 is 11.9 Å². The maximum Gasteiger partial charge on any atom is 0.533 e. The molecule has 1 aromatic carbocycles. The van der Waals surface area contributed by atoms with Crippen LogP contribution in [-0.4, -0.2) is 18.5 Å². The molecule has 0 aliphatic rings. The number of carbonyl (C=O) groups excluding carboxylic acids is 2. The number of nitrogens with one attached hydrogen (secondary N) is 2. The number of hydrogen-bond acceptors (Lipinski definition) is 2. The van der Waals surface area contributed by atoms with Gasteiger partial charge in [0.2, 0.25) is 0 Å². The van der Waals surface area contributed by atoms with Crippen LogP contribution < -0.4 is 10.6 Å². The van der Waals surface area contributed by atoms with Crippen LogP contribution >= 0.6 is 0 Å². The van der Waals surface area contributed by atoms with Gasteiger partial charge in [0, 0.05) is 10.5 Å². The van der Waals surface area contributed by atoms with Gasteiger partial charge in [-0.2, -0.15) is 4.79 Å². The molecule has 3 amide bonds. The lowest BCUT2D eigenvalue weighted by atomic mass is 10.3. The van der Waals surface area contributed by atoms with E-state index in [-0.39, 0.29) is 6.54 Å². The Labute approximate surface area is 86.9 Å². The molecule has 0 atom stereocenters. The molecule has 5 nitrogen and oxygen atoms in total. The Hall–Kier alpha value is -2.35. The minimum absolute atomic E-state index is 0.213. The monoisotopic (exact) mass is 204 g/mol. The Bertz CT molecular complexity index is 395. The van der Waals surface area contributed by atoms with Crippen molar-refractivity contribution in [3.05, 3.63) is 35.2 Å². The number of carbonyl (C=O) groups is 2. The zero-order valence-corrected chi connectivity index (χ0v) is 7.93. The Kier molecular flexibility index (Phi) is 3.86. The van der Waals surface area contributed by atoms with Crippen LogP contribution in [0.15, 0.2) is 30.3 Å². The van der Waals surface area contributed by atoms with Crippen LogP contribution in [0.3, 0.4) is 0 Å². The van der Waals surface area contributed by atoms with Gasteiger partial charge in [-0.3, -0.25) is 0 Å². The van der Waals surface area contributed by atoms with Crippen LogP contribution in [0.2, 0.25) is 0 Å². The van der Waals surface area contributed by atoms with Gasteiger partial charge >= 0.3 is 11.9 Å². The van der Waals surface area contributed by atoms with Gasteiger partial charge in [-0.05, 0) is 12.1 Å². The number of para-hydroxylation sites is 1. The van der Waals surface area contributed by atoms with E-state index in [1.54, 1.807) is 24.3 Å². The summed E-state index contributed by atoms with van der Waals surface area (Å²) >= 11 is 0. The lowest BCUT2D eigenvalue weighted by molar-refractivity contribution is -0.113. The van der Waals surface area contributed by atoms with E-state index >= 15 is 0 Å². The summed E-state index contributed by atoms with van der Waals surface area (Å²) in [7, 11) is 0. The summed E-state index contributed by atoms with van der Waals surface area (Å²) in [5.41, 5.74) is 0.645. The summed E-state index contributed by atoms with van der Waals surface area (Å²) in [6.07, 6.45) is 0. The average molecular weight is 204 g/mol. The molecule has 0 unspecified atom stereocenters. The summed E-state index contributed by atoms with van der Waals surface area (Å²) < 4.78 is 0. The molecule has 0 radical (unpaired) electrons. The Morgan fingerprint density at radius 1 is 1.27 bits per heavy atom. The number of nitrogens with zero attached hydrogens (tertiary/aromatic N) is 1. The van der Waals surface area contributed by atoms with Gasteiger partial charge in [0.1, 0.15) is 0 Å². The zero-order chi connectivity index (χ0) is 11.1. The molecule has 0 bridgehead atoms. The van der Waals surface area contributed by atoms with Crippen molar-refractivity contribution >= 4 is 17.6 Å². The second kappa shape index (κ2) is 5.40. The van der Waals surface area contributed by atoms with Crippen LogP contribution in [0, 0.1) is 6.57 Å².